The van der Waals surface area contributed by atoms with Crippen LogP contribution in [0.25, 0.3) is 27.8 Å². The molecule has 29 heavy (non-hydrogen) atoms. The monoisotopic (exact) mass is 393 g/mol. The number of ether oxygens (including phenoxy) is 2. The predicted octanol–water partition coefficient (Wildman–Crippen LogP) is 2.56. The Bertz CT molecular complexity index is 1400. The molecule has 8 heteroatoms. The third-order valence-corrected chi connectivity index (χ3v) is 5.19. The molecular weight excluding hydrogens is 377 g/mol. The molecule has 0 spiro atoms. The smallest absolute Gasteiger partial charge is 0.330 e. The summed E-state index contributed by atoms with van der Waals surface area (Å²) in [6, 6.07) is 11.3. The van der Waals surface area contributed by atoms with Crippen molar-refractivity contribution in [1.29, 1.82) is 0 Å². The molecule has 0 amide bonds. The second kappa shape index (κ2) is 6.10. The molecule has 1 aliphatic rings. The van der Waals surface area contributed by atoms with E-state index in [2.05, 4.69) is 0 Å². The standard InChI is InChI=1S/C21H16FN3O4/c1-23-15-10-25(14-7-8-16-17(9-14)29-11-28-16)19(12-3-5-13(22)6-4-12)18(15)20(26)24(2)21(23)27/h3-10H,11H2,1-2H3. The average Bonchev–Trinajstić information content (AvgIpc) is 3.35. The highest BCUT2D eigenvalue weighted by Crippen LogP contribution is 2.37. The van der Waals surface area contributed by atoms with Gasteiger partial charge in [0.05, 0.1) is 16.6 Å². The topological polar surface area (TPSA) is 67.4 Å². The van der Waals surface area contributed by atoms with Crippen LogP contribution in [0.15, 0.2) is 58.3 Å². The van der Waals surface area contributed by atoms with Gasteiger partial charge in [0, 0.05) is 32.0 Å². The van der Waals surface area contributed by atoms with Gasteiger partial charge in [-0.05, 0) is 42.0 Å². The van der Waals surface area contributed by atoms with Crippen LogP contribution < -0.4 is 20.7 Å². The lowest BCUT2D eigenvalue weighted by atomic mass is 10.1. The van der Waals surface area contributed by atoms with Crippen molar-refractivity contribution in [3.8, 4) is 28.4 Å². The Hall–Kier alpha value is -3.81. The molecule has 0 atom stereocenters. The van der Waals surface area contributed by atoms with Crippen molar-refractivity contribution in [3.05, 3.63) is 75.3 Å². The fraction of sp³-hybridized carbons (Fsp3) is 0.143. The molecule has 2 aromatic carbocycles. The number of hydrogen-bond acceptors (Lipinski definition) is 4. The van der Waals surface area contributed by atoms with Gasteiger partial charge in [-0.1, -0.05) is 0 Å². The van der Waals surface area contributed by atoms with Crippen molar-refractivity contribution in [2.75, 3.05) is 6.79 Å². The second-order valence-corrected chi connectivity index (χ2v) is 6.86. The molecule has 7 nitrogen and oxygen atoms in total. The number of hydrogen-bond donors (Lipinski definition) is 0. The van der Waals surface area contributed by atoms with Crippen molar-refractivity contribution in [2.45, 2.75) is 0 Å². The third-order valence-electron chi connectivity index (χ3n) is 5.19. The molecule has 0 N–H and O–H groups in total. The van der Waals surface area contributed by atoms with E-state index in [1.165, 1.54) is 23.7 Å². The molecule has 5 rings (SSSR count). The highest BCUT2D eigenvalue weighted by atomic mass is 19.1. The highest BCUT2D eigenvalue weighted by Gasteiger charge is 2.22. The Morgan fingerprint density at radius 3 is 2.41 bits per heavy atom. The van der Waals surface area contributed by atoms with E-state index in [0.717, 1.165) is 10.3 Å². The lowest BCUT2D eigenvalue weighted by molar-refractivity contribution is 0.174. The minimum absolute atomic E-state index is 0.145. The van der Waals surface area contributed by atoms with Gasteiger partial charge in [0.15, 0.2) is 11.5 Å². The summed E-state index contributed by atoms with van der Waals surface area (Å²) in [4.78, 5) is 25.4. The van der Waals surface area contributed by atoms with Gasteiger partial charge in [-0.15, -0.1) is 0 Å². The maximum atomic E-state index is 13.5. The predicted molar refractivity (Wildman–Crippen MR) is 105 cm³/mol. The summed E-state index contributed by atoms with van der Waals surface area (Å²) in [5.41, 5.74) is 1.58. The van der Waals surface area contributed by atoms with E-state index in [1.54, 1.807) is 42.1 Å². The van der Waals surface area contributed by atoms with Gasteiger partial charge in [-0.2, -0.15) is 0 Å². The number of halogens is 1. The van der Waals surface area contributed by atoms with Crippen molar-refractivity contribution in [2.24, 2.45) is 14.1 Å². The number of benzene rings is 2. The maximum absolute atomic E-state index is 13.5. The zero-order valence-corrected chi connectivity index (χ0v) is 15.7. The molecule has 1 aliphatic heterocycles. The summed E-state index contributed by atoms with van der Waals surface area (Å²) >= 11 is 0. The Morgan fingerprint density at radius 2 is 1.66 bits per heavy atom. The summed E-state index contributed by atoms with van der Waals surface area (Å²) in [5, 5.41) is 0.374. The minimum atomic E-state index is -0.420. The van der Waals surface area contributed by atoms with E-state index in [4.69, 9.17) is 9.47 Å². The number of aromatic nitrogens is 3. The van der Waals surface area contributed by atoms with Gasteiger partial charge in [0.2, 0.25) is 6.79 Å². The van der Waals surface area contributed by atoms with Gasteiger partial charge in [-0.3, -0.25) is 13.9 Å². The van der Waals surface area contributed by atoms with E-state index in [1.807, 2.05) is 6.07 Å². The summed E-state index contributed by atoms with van der Waals surface area (Å²) in [6.07, 6.45) is 1.73. The fourth-order valence-corrected chi connectivity index (χ4v) is 3.67. The summed E-state index contributed by atoms with van der Waals surface area (Å²) in [6.45, 7) is 0.145. The summed E-state index contributed by atoms with van der Waals surface area (Å²) in [7, 11) is 3.05. The van der Waals surface area contributed by atoms with Crippen LogP contribution in [0.3, 0.4) is 0 Å². The minimum Gasteiger partial charge on any atom is -0.454 e. The summed E-state index contributed by atoms with van der Waals surface area (Å²) < 4.78 is 28.7. The first kappa shape index (κ1) is 17.3. The SMILES string of the molecule is Cn1c(=O)c2c(-c3ccc(F)cc3)n(-c3ccc4c(c3)OCO4)cc2n(C)c1=O. The molecule has 2 aromatic heterocycles. The maximum Gasteiger partial charge on any atom is 0.330 e. The Balaban J connectivity index is 1.91. The van der Waals surface area contributed by atoms with Crippen molar-refractivity contribution >= 4 is 10.9 Å². The zero-order chi connectivity index (χ0) is 20.3. The van der Waals surface area contributed by atoms with Crippen LogP contribution in [0.5, 0.6) is 11.5 Å². The molecule has 3 heterocycles. The van der Waals surface area contributed by atoms with Crippen LogP contribution in [-0.2, 0) is 14.1 Å². The van der Waals surface area contributed by atoms with E-state index in [0.29, 0.717) is 33.7 Å². The van der Waals surface area contributed by atoms with E-state index < -0.39 is 11.2 Å². The molecule has 0 radical (unpaired) electrons. The number of rotatable bonds is 2. The summed E-state index contributed by atoms with van der Waals surface area (Å²) in [5.74, 6) is 0.851. The Morgan fingerprint density at radius 1 is 0.931 bits per heavy atom. The molecule has 0 fully saturated rings. The van der Waals surface area contributed by atoms with Crippen molar-refractivity contribution in [3.63, 3.8) is 0 Å². The largest absolute Gasteiger partial charge is 0.454 e. The van der Waals surface area contributed by atoms with Crippen LogP contribution in [0.1, 0.15) is 0 Å². The Labute approximate surface area is 163 Å². The van der Waals surface area contributed by atoms with Gasteiger partial charge in [-0.25, -0.2) is 9.18 Å². The zero-order valence-electron chi connectivity index (χ0n) is 15.7. The lowest BCUT2D eigenvalue weighted by Crippen LogP contribution is -2.36. The van der Waals surface area contributed by atoms with Gasteiger partial charge >= 0.3 is 5.69 Å². The highest BCUT2D eigenvalue weighted by molar-refractivity contribution is 5.94. The average molecular weight is 393 g/mol. The third kappa shape index (κ3) is 2.49. The van der Waals surface area contributed by atoms with Crippen LogP contribution in [-0.4, -0.2) is 20.5 Å². The second-order valence-electron chi connectivity index (χ2n) is 6.86. The van der Waals surface area contributed by atoms with E-state index in [-0.39, 0.29) is 12.6 Å². The quantitative estimate of drug-likeness (QED) is 0.525. The normalized spacial score (nSPS) is 12.7. The van der Waals surface area contributed by atoms with Crippen LogP contribution >= 0.6 is 0 Å². The molecule has 0 aliphatic carbocycles. The van der Waals surface area contributed by atoms with Gasteiger partial charge in [0.25, 0.3) is 5.56 Å². The van der Waals surface area contributed by atoms with Gasteiger partial charge in [0.1, 0.15) is 5.82 Å². The number of fused-ring (bicyclic) bond motifs is 2. The first-order valence-corrected chi connectivity index (χ1v) is 8.93. The fourth-order valence-electron chi connectivity index (χ4n) is 3.67. The lowest BCUT2D eigenvalue weighted by Gasteiger charge is -2.11. The molecule has 0 bridgehead atoms. The molecule has 4 aromatic rings. The van der Waals surface area contributed by atoms with Crippen molar-refractivity contribution in [1.82, 2.24) is 13.7 Å². The molecular formula is C21H16FN3O4. The first-order valence-electron chi connectivity index (χ1n) is 8.93. The van der Waals surface area contributed by atoms with Crippen LogP contribution in [0, 0.1) is 5.82 Å². The van der Waals surface area contributed by atoms with E-state index in [9.17, 15) is 14.0 Å². The molecule has 0 unspecified atom stereocenters. The van der Waals surface area contributed by atoms with Crippen LogP contribution in [0.4, 0.5) is 4.39 Å². The van der Waals surface area contributed by atoms with E-state index >= 15 is 0 Å². The Kier molecular flexibility index (Phi) is 3.64. The van der Waals surface area contributed by atoms with Crippen LogP contribution in [0.2, 0.25) is 0 Å². The first-order chi connectivity index (χ1) is 14.0. The molecule has 0 saturated carbocycles. The number of aryl methyl sites for hydroxylation is 1. The molecule has 0 saturated heterocycles. The van der Waals surface area contributed by atoms with Gasteiger partial charge < -0.3 is 14.0 Å². The van der Waals surface area contributed by atoms with Crippen molar-refractivity contribution < 1.29 is 13.9 Å². The number of nitrogens with zero attached hydrogens (tertiary/aromatic N) is 3. The molecule has 146 valence electrons.